The van der Waals surface area contributed by atoms with Crippen LogP contribution in [0.15, 0.2) is 54.6 Å². The second-order valence-corrected chi connectivity index (χ2v) is 8.96. The molecule has 0 spiro atoms. The molecule has 0 saturated carbocycles. The molecule has 11 nitrogen and oxygen atoms in total. The van der Waals surface area contributed by atoms with Gasteiger partial charge >= 0.3 is 0 Å². The molecule has 1 atom stereocenters. The smallest absolute Gasteiger partial charge is 0.295 e. The van der Waals surface area contributed by atoms with E-state index in [0.717, 1.165) is 0 Å². The lowest BCUT2D eigenvalue weighted by Crippen LogP contribution is -2.31. The molecule has 1 aromatic heterocycles. The third kappa shape index (κ3) is 4.83. The normalized spacial score (nSPS) is 17.8. The minimum atomic E-state index is -0.908. The van der Waals surface area contributed by atoms with E-state index in [1.165, 1.54) is 26.2 Å². The largest absolute Gasteiger partial charge is 0.507 e. The Morgan fingerprint density at radius 3 is 2.36 bits per heavy atom. The van der Waals surface area contributed by atoms with Crippen molar-refractivity contribution in [1.82, 2.24) is 14.5 Å². The van der Waals surface area contributed by atoms with Gasteiger partial charge in [0.2, 0.25) is 5.75 Å². The number of carbonyl (C=O) groups excluding carboxylic acids is 2. The number of amides is 1. The highest BCUT2D eigenvalue weighted by Gasteiger charge is 2.46. The molecule has 2 aliphatic rings. The monoisotopic (exact) mass is 535 g/mol. The highest BCUT2D eigenvalue weighted by molar-refractivity contribution is 6.46. The van der Waals surface area contributed by atoms with Gasteiger partial charge in [-0.25, -0.2) is 4.98 Å². The van der Waals surface area contributed by atoms with E-state index in [9.17, 15) is 14.7 Å². The molecular formula is C28H29N3O8. The fourth-order valence-electron chi connectivity index (χ4n) is 4.91. The zero-order valence-electron chi connectivity index (χ0n) is 21.9. The summed E-state index contributed by atoms with van der Waals surface area (Å²) in [5.74, 6) is 0.254. The molecule has 0 bridgehead atoms. The number of imidazole rings is 1. The SMILES string of the molecule is COc1cc(C2/C(=C(\O)c3ccc4c(c3)OCCO4)C(=O)C(=O)N2CCCn2ccnc2)cc(OC)c1OC. The van der Waals surface area contributed by atoms with Crippen LogP contribution in [0.3, 0.4) is 0 Å². The Balaban J connectivity index is 1.61. The first-order valence-electron chi connectivity index (χ1n) is 12.4. The van der Waals surface area contributed by atoms with Gasteiger partial charge in [-0.05, 0) is 42.3 Å². The molecular weight excluding hydrogens is 506 g/mol. The molecule has 11 heteroatoms. The van der Waals surface area contributed by atoms with Crippen molar-refractivity contribution in [3.8, 4) is 28.7 Å². The van der Waals surface area contributed by atoms with Gasteiger partial charge in [0.15, 0.2) is 23.0 Å². The summed E-state index contributed by atoms with van der Waals surface area (Å²) in [5, 5.41) is 11.5. The maximum absolute atomic E-state index is 13.5. The first kappa shape index (κ1) is 26.0. The molecule has 1 unspecified atom stereocenters. The van der Waals surface area contributed by atoms with Gasteiger partial charge in [-0.2, -0.15) is 0 Å². The second kappa shape index (κ2) is 11.0. The zero-order valence-corrected chi connectivity index (χ0v) is 21.9. The van der Waals surface area contributed by atoms with Crippen molar-refractivity contribution >= 4 is 17.4 Å². The van der Waals surface area contributed by atoms with Crippen molar-refractivity contribution in [2.75, 3.05) is 41.1 Å². The Morgan fingerprint density at radius 2 is 1.72 bits per heavy atom. The maximum atomic E-state index is 13.5. The van der Waals surface area contributed by atoms with Gasteiger partial charge < -0.3 is 38.3 Å². The number of rotatable bonds is 9. The van der Waals surface area contributed by atoms with Gasteiger partial charge in [0.25, 0.3) is 11.7 Å². The van der Waals surface area contributed by atoms with Gasteiger partial charge in [-0.3, -0.25) is 9.59 Å². The number of Topliss-reactive ketones (excluding diaryl/α,β-unsaturated/α-hetero) is 1. The number of hydrogen-bond donors (Lipinski definition) is 1. The number of ether oxygens (including phenoxy) is 5. The summed E-state index contributed by atoms with van der Waals surface area (Å²) in [6.45, 7) is 1.63. The number of aliphatic hydroxyl groups is 1. The van der Waals surface area contributed by atoms with Gasteiger partial charge in [0, 0.05) is 31.0 Å². The molecule has 0 radical (unpaired) electrons. The molecule has 3 heterocycles. The van der Waals surface area contributed by atoms with Crippen LogP contribution in [0, 0.1) is 0 Å². The molecule has 2 aliphatic heterocycles. The van der Waals surface area contributed by atoms with E-state index in [1.807, 2.05) is 10.8 Å². The average Bonchev–Trinajstić information content (AvgIpc) is 3.58. The van der Waals surface area contributed by atoms with Crippen molar-refractivity contribution in [3.63, 3.8) is 0 Å². The molecule has 1 fully saturated rings. The number of benzene rings is 2. The number of aliphatic hydroxyl groups excluding tert-OH is 1. The number of nitrogens with zero attached hydrogens (tertiary/aromatic N) is 3. The van der Waals surface area contributed by atoms with Crippen LogP contribution in [0.2, 0.25) is 0 Å². The Bertz CT molecular complexity index is 1390. The van der Waals surface area contributed by atoms with E-state index in [0.29, 0.717) is 66.1 Å². The number of aryl methyl sites for hydroxylation is 1. The maximum Gasteiger partial charge on any atom is 0.295 e. The lowest BCUT2D eigenvalue weighted by Gasteiger charge is -2.27. The van der Waals surface area contributed by atoms with E-state index in [-0.39, 0.29) is 17.9 Å². The van der Waals surface area contributed by atoms with Crippen LogP contribution in [-0.4, -0.2) is 72.3 Å². The number of hydrogen-bond acceptors (Lipinski definition) is 9. The van der Waals surface area contributed by atoms with E-state index < -0.39 is 17.7 Å². The Labute approximate surface area is 225 Å². The van der Waals surface area contributed by atoms with Crippen molar-refractivity contribution in [2.45, 2.75) is 19.0 Å². The summed E-state index contributed by atoms with van der Waals surface area (Å²) >= 11 is 0. The number of carbonyl (C=O) groups is 2. The van der Waals surface area contributed by atoms with Crippen LogP contribution in [0.25, 0.3) is 5.76 Å². The molecule has 2 aromatic carbocycles. The Hall–Kier alpha value is -4.67. The number of ketones is 1. The number of aromatic nitrogens is 2. The predicted octanol–water partition coefficient (Wildman–Crippen LogP) is 3.19. The second-order valence-electron chi connectivity index (χ2n) is 8.96. The van der Waals surface area contributed by atoms with E-state index in [1.54, 1.807) is 42.9 Å². The van der Waals surface area contributed by atoms with E-state index >= 15 is 0 Å². The topological polar surface area (TPSA) is 122 Å². The van der Waals surface area contributed by atoms with Crippen molar-refractivity contribution in [1.29, 1.82) is 0 Å². The van der Waals surface area contributed by atoms with Crippen molar-refractivity contribution in [2.24, 2.45) is 0 Å². The van der Waals surface area contributed by atoms with Crippen LogP contribution in [0.5, 0.6) is 28.7 Å². The summed E-state index contributed by atoms with van der Waals surface area (Å²) in [4.78, 5) is 32.3. The van der Waals surface area contributed by atoms with Crippen molar-refractivity contribution < 1.29 is 38.4 Å². The molecule has 1 amide bonds. The molecule has 204 valence electrons. The highest BCUT2D eigenvalue weighted by atomic mass is 16.6. The van der Waals surface area contributed by atoms with E-state index in [4.69, 9.17) is 23.7 Å². The molecule has 3 aromatic rings. The summed E-state index contributed by atoms with van der Waals surface area (Å²) in [6.07, 6.45) is 5.74. The Morgan fingerprint density at radius 1 is 1.00 bits per heavy atom. The van der Waals surface area contributed by atoms with Crippen LogP contribution >= 0.6 is 0 Å². The fourth-order valence-corrected chi connectivity index (χ4v) is 4.91. The summed E-state index contributed by atoms with van der Waals surface area (Å²) in [5.41, 5.74) is 0.798. The van der Waals surface area contributed by atoms with Crippen LogP contribution in [-0.2, 0) is 16.1 Å². The summed E-state index contributed by atoms with van der Waals surface area (Å²) in [7, 11) is 4.46. The van der Waals surface area contributed by atoms with Crippen LogP contribution in [0.4, 0.5) is 0 Å². The fraction of sp³-hybridized carbons (Fsp3) is 0.321. The van der Waals surface area contributed by atoms with Gasteiger partial charge in [-0.15, -0.1) is 0 Å². The number of fused-ring (bicyclic) bond motifs is 1. The predicted molar refractivity (Wildman–Crippen MR) is 139 cm³/mol. The third-order valence-corrected chi connectivity index (χ3v) is 6.73. The minimum Gasteiger partial charge on any atom is -0.507 e. The molecule has 39 heavy (non-hydrogen) atoms. The van der Waals surface area contributed by atoms with Crippen LogP contribution in [0.1, 0.15) is 23.6 Å². The number of methoxy groups -OCH3 is 3. The quantitative estimate of drug-likeness (QED) is 0.250. The van der Waals surface area contributed by atoms with Gasteiger partial charge in [0.05, 0.1) is 39.3 Å². The lowest BCUT2D eigenvalue weighted by atomic mass is 9.94. The first-order chi connectivity index (χ1) is 19.0. The molecule has 0 aliphatic carbocycles. The number of likely N-dealkylation sites (tertiary alicyclic amines) is 1. The van der Waals surface area contributed by atoms with Gasteiger partial charge in [0.1, 0.15) is 19.0 Å². The minimum absolute atomic E-state index is 0.0476. The van der Waals surface area contributed by atoms with Crippen LogP contribution < -0.4 is 23.7 Å². The Kier molecular flexibility index (Phi) is 7.31. The first-order valence-corrected chi connectivity index (χ1v) is 12.4. The molecule has 5 rings (SSSR count). The van der Waals surface area contributed by atoms with Crippen molar-refractivity contribution in [3.05, 3.63) is 65.8 Å². The summed E-state index contributed by atoms with van der Waals surface area (Å²) in [6, 6.07) is 7.34. The standard InChI is InChI=1S/C28H29N3O8/c1-35-21-14-18(15-22(36-2)27(21)37-3)24-23(25(32)17-5-6-19-20(13-17)39-12-11-38-19)26(33)28(34)31(24)9-4-8-30-10-7-29-16-30/h5-7,10,13-16,24,32H,4,8-9,11-12H2,1-3H3/b25-23+. The zero-order chi connectivity index (χ0) is 27.5. The molecule has 1 saturated heterocycles. The van der Waals surface area contributed by atoms with Gasteiger partial charge in [-0.1, -0.05) is 0 Å². The third-order valence-electron chi connectivity index (χ3n) is 6.73. The molecule has 1 N–H and O–H groups in total. The average molecular weight is 536 g/mol. The summed E-state index contributed by atoms with van der Waals surface area (Å²) < 4.78 is 29.6. The van der Waals surface area contributed by atoms with E-state index in [2.05, 4.69) is 4.98 Å². The lowest BCUT2D eigenvalue weighted by molar-refractivity contribution is -0.139. The highest BCUT2D eigenvalue weighted by Crippen LogP contribution is 2.46.